The summed E-state index contributed by atoms with van der Waals surface area (Å²) in [5, 5.41) is 3.39. The maximum atomic E-state index is 11.7. The van der Waals surface area contributed by atoms with E-state index >= 15 is 0 Å². The van der Waals surface area contributed by atoms with Gasteiger partial charge in [-0.2, -0.15) is 0 Å². The van der Waals surface area contributed by atoms with E-state index in [4.69, 9.17) is 29.6 Å². The van der Waals surface area contributed by atoms with Gasteiger partial charge in [0, 0.05) is 17.1 Å². The molecule has 0 radical (unpaired) electrons. The molecule has 0 aliphatic carbocycles. The third-order valence-electron chi connectivity index (χ3n) is 2.32. The van der Waals surface area contributed by atoms with Gasteiger partial charge in [0.2, 0.25) is 0 Å². The Morgan fingerprint density at radius 1 is 1.53 bits per heavy atom. The van der Waals surface area contributed by atoms with E-state index in [2.05, 4.69) is 5.32 Å². The molecule has 3 nitrogen and oxygen atoms in total. The molecular formula is C12H15ClN2OS. The fraction of sp³-hybridized carbons (Fsp3) is 0.333. The van der Waals surface area contributed by atoms with Gasteiger partial charge < -0.3 is 11.1 Å². The van der Waals surface area contributed by atoms with E-state index < -0.39 is 0 Å². The quantitative estimate of drug-likeness (QED) is 0.638. The third-order valence-corrected chi connectivity index (χ3v) is 2.93. The predicted octanol–water partition coefficient (Wildman–Crippen LogP) is 2.44. The Morgan fingerprint density at radius 2 is 2.24 bits per heavy atom. The topological polar surface area (TPSA) is 55.1 Å². The van der Waals surface area contributed by atoms with Crippen LogP contribution in [-0.4, -0.2) is 17.4 Å². The average Bonchev–Trinajstić information content (AvgIpc) is 2.27. The number of nitrogens with one attached hydrogen (secondary N) is 1. The molecule has 3 N–H and O–H groups in total. The summed E-state index contributed by atoms with van der Waals surface area (Å²) in [5.74, 6) is -0.130. The molecule has 92 valence electrons. The van der Waals surface area contributed by atoms with Gasteiger partial charge >= 0.3 is 0 Å². The molecule has 0 unspecified atom stereocenters. The number of carbonyl (C=O) groups excluding carboxylic acids is 1. The number of nitrogens with two attached hydrogens (primary N) is 1. The molecule has 1 amide bonds. The van der Waals surface area contributed by atoms with Gasteiger partial charge in [0.25, 0.3) is 5.91 Å². The van der Waals surface area contributed by atoms with E-state index in [1.165, 1.54) is 0 Å². The van der Waals surface area contributed by atoms with E-state index in [1.807, 2.05) is 13.0 Å². The maximum Gasteiger partial charge on any atom is 0.251 e. The smallest absolute Gasteiger partial charge is 0.251 e. The second kappa shape index (κ2) is 6.57. The van der Waals surface area contributed by atoms with Gasteiger partial charge in [0.15, 0.2) is 0 Å². The minimum absolute atomic E-state index is 0.130. The second-order valence-electron chi connectivity index (χ2n) is 3.79. The summed E-state index contributed by atoms with van der Waals surface area (Å²) in [4.78, 5) is 12.2. The minimum atomic E-state index is -0.130. The molecule has 0 aliphatic heterocycles. The molecule has 5 heteroatoms. The summed E-state index contributed by atoms with van der Waals surface area (Å²) >= 11 is 10.7. The van der Waals surface area contributed by atoms with Crippen LogP contribution < -0.4 is 11.1 Å². The van der Waals surface area contributed by atoms with Gasteiger partial charge in [-0.15, -0.1) is 0 Å². The summed E-state index contributed by atoms with van der Waals surface area (Å²) in [6.45, 7) is 2.45. The number of hydrogen-bond acceptors (Lipinski definition) is 2. The highest BCUT2D eigenvalue weighted by atomic mass is 35.5. The van der Waals surface area contributed by atoms with Crippen LogP contribution in [-0.2, 0) is 0 Å². The summed E-state index contributed by atoms with van der Waals surface area (Å²) < 4.78 is 0. The van der Waals surface area contributed by atoms with Crippen molar-refractivity contribution in [2.45, 2.75) is 19.8 Å². The summed E-state index contributed by atoms with van der Waals surface area (Å²) in [7, 11) is 0. The van der Waals surface area contributed by atoms with Gasteiger partial charge in [0.05, 0.1) is 4.99 Å². The molecule has 0 bridgehead atoms. The average molecular weight is 271 g/mol. The zero-order valence-electron chi connectivity index (χ0n) is 9.63. The number of benzene rings is 1. The van der Waals surface area contributed by atoms with Crippen molar-refractivity contribution in [3.63, 3.8) is 0 Å². The van der Waals surface area contributed by atoms with E-state index in [1.54, 1.807) is 12.1 Å². The summed E-state index contributed by atoms with van der Waals surface area (Å²) in [5.41, 5.74) is 6.88. The lowest BCUT2D eigenvalue weighted by Gasteiger charge is -2.06. The first kappa shape index (κ1) is 13.9. The Morgan fingerprint density at radius 3 is 2.82 bits per heavy atom. The molecule has 0 aromatic heterocycles. The first-order chi connectivity index (χ1) is 8.00. The highest BCUT2D eigenvalue weighted by Gasteiger charge is 2.06. The zero-order chi connectivity index (χ0) is 12.8. The Labute approximate surface area is 111 Å². The fourth-order valence-corrected chi connectivity index (χ4v) is 1.63. The van der Waals surface area contributed by atoms with Crippen LogP contribution in [0.15, 0.2) is 18.2 Å². The van der Waals surface area contributed by atoms with Crippen molar-refractivity contribution in [1.82, 2.24) is 5.32 Å². The van der Waals surface area contributed by atoms with Crippen molar-refractivity contribution < 1.29 is 4.79 Å². The van der Waals surface area contributed by atoms with Gasteiger partial charge in [-0.1, -0.05) is 29.9 Å². The second-order valence-corrected chi connectivity index (χ2v) is 4.72. The first-order valence-corrected chi connectivity index (χ1v) is 6.12. The SMILES string of the molecule is Cc1ccc(C(=O)NCCCC(N)=S)cc1Cl. The minimum Gasteiger partial charge on any atom is -0.393 e. The van der Waals surface area contributed by atoms with E-state index in [9.17, 15) is 4.79 Å². The number of halogens is 1. The molecule has 0 fully saturated rings. The van der Waals surface area contributed by atoms with Crippen LogP contribution in [0.2, 0.25) is 5.02 Å². The fourth-order valence-electron chi connectivity index (χ4n) is 1.30. The van der Waals surface area contributed by atoms with Crippen LogP contribution in [0.4, 0.5) is 0 Å². The van der Waals surface area contributed by atoms with E-state index in [0.29, 0.717) is 28.5 Å². The lowest BCUT2D eigenvalue weighted by atomic mass is 10.1. The van der Waals surface area contributed by atoms with Gasteiger partial charge in [0.1, 0.15) is 0 Å². The Kier molecular flexibility index (Phi) is 5.38. The number of amides is 1. The van der Waals surface area contributed by atoms with Crippen molar-refractivity contribution in [3.05, 3.63) is 34.3 Å². The van der Waals surface area contributed by atoms with E-state index in [-0.39, 0.29) is 5.91 Å². The molecule has 1 rings (SSSR count). The summed E-state index contributed by atoms with van der Waals surface area (Å²) in [6.07, 6.45) is 1.39. The van der Waals surface area contributed by atoms with Crippen LogP contribution in [0, 0.1) is 6.92 Å². The number of carbonyl (C=O) groups is 1. The molecule has 0 aliphatic rings. The molecule has 0 saturated carbocycles. The normalized spacial score (nSPS) is 10.0. The highest BCUT2D eigenvalue weighted by molar-refractivity contribution is 7.80. The van der Waals surface area contributed by atoms with Crippen molar-refractivity contribution in [3.8, 4) is 0 Å². The van der Waals surface area contributed by atoms with Crippen molar-refractivity contribution in [2.24, 2.45) is 5.73 Å². The van der Waals surface area contributed by atoms with Crippen molar-refractivity contribution in [1.29, 1.82) is 0 Å². The lowest BCUT2D eigenvalue weighted by Crippen LogP contribution is -2.25. The molecular weight excluding hydrogens is 256 g/mol. The Hall–Kier alpha value is -1.13. The zero-order valence-corrected chi connectivity index (χ0v) is 11.2. The maximum absolute atomic E-state index is 11.7. The van der Waals surface area contributed by atoms with Gasteiger partial charge in [-0.3, -0.25) is 4.79 Å². The largest absolute Gasteiger partial charge is 0.393 e. The van der Waals surface area contributed by atoms with E-state index in [0.717, 1.165) is 12.0 Å². The molecule has 0 spiro atoms. The van der Waals surface area contributed by atoms with Crippen LogP contribution in [0.1, 0.15) is 28.8 Å². The number of aryl methyl sites for hydroxylation is 1. The van der Waals surface area contributed by atoms with Crippen LogP contribution >= 0.6 is 23.8 Å². The monoisotopic (exact) mass is 270 g/mol. The molecule has 0 saturated heterocycles. The lowest BCUT2D eigenvalue weighted by molar-refractivity contribution is 0.0953. The Balaban J connectivity index is 2.47. The summed E-state index contributed by atoms with van der Waals surface area (Å²) in [6, 6.07) is 5.25. The predicted molar refractivity (Wildman–Crippen MR) is 74.5 cm³/mol. The highest BCUT2D eigenvalue weighted by Crippen LogP contribution is 2.16. The van der Waals surface area contributed by atoms with Crippen molar-refractivity contribution >= 4 is 34.7 Å². The third kappa shape index (κ3) is 4.71. The number of rotatable bonds is 5. The van der Waals surface area contributed by atoms with Crippen LogP contribution in [0.25, 0.3) is 0 Å². The molecule has 1 aromatic carbocycles. The van der Waals surface area contributed by atoms with Gasteiger partial charge in [-0.25, -0.2) is 0 Å². The Bertz CT molecular complexity index is 435. The molecule has 0 heterocycles. The van der Waals surface area contributed by atoms with Crippen molar-refractivity contribution in [2.75, 3.05) is 6.54 Å². The standard InChI is InChI=1S/C12H15ClN2OS/c1-8-4-5-9(7-10(8)13)12(16)15-6-2-3-11(14)17/h4-5,7H,2-3,6H2,1H3,(H2,14,17)(H,15,16). The molecule has 0 atom stereocenters. The first-order valence-electron chi connectivity index (χ1n) is 5.33. The molecule has 17 heavy (non-hydrogen) atoms. The number of hydrogen-bond donors (Lipinski definition) is 2. The number of thiocarbonyl (C=S) groups is 1. The molecule has 1 aromatic rings. The van der Waals surface area contributed by atoms with Gasteiger partial charge in [-0.05, 0) is 37.5 Å². The van der Waals surface area contributed by atoms with Crippen LogP contribution in [0.5, 0.6) is 0 Å². The van der Waals surface area contributed by atoms with Crippen LogP contribution in [0.3, 0.4) is 0 Å².